The van der Waals surface area contributed by atoms with E-state index in [0.717, 1.165) is 5.56 Å². The summed E-state index contributed by atoms with van der Waals surface area (Å²) >= 11 is 0. The van der Waals surface area contributed by atoms with Crippen LogP contribution in [0.3, 0.4) is 0 Å². The SMILES string of the molecule is CC(C)(C)c1ccc(-c2cccc(C3(C)COCC(N)=N3)c2)cc1. The molecular weight excluding hydrogens is 296 g/mol. The molecule has 0 fully saturated rings. The molecule has 0 saturated carbocycles. The van der Waals surface area contributed by atoms with Crippen LogP contribution in [-0.4, -0.2) is 19.0 Å². The lowest BCUT2D eigenvalue weighted by Gasteiger charge is -2.30. The van der Waals surface area contributed by atoms with Crippen LogP contribution in [0.15, 0.2) is 53.5 Å². The van der Waals surface area contributed by atoms with Gasteiger partial charge in [0, 0.05) is 0 Å². The fourth-order valence-corrected chi connectivity index (χ4v) is 3.08. The molecule has 0 saturated heterocycles. The van der Waals surface area contributed by atoms with Gasteiger partial charge in [0.25, 0.3) is 0 Å². The van der Waals surface area contributed by atoms with Crippen molar-refractivity contribution in [2.45, 2.75) is 38.6 Å². The molecule has 0 spiro atoms. The maximum absolute atomic E-state index is 5.88. The van der Waals surface area contributed by atoms with Crippen molar-refractivity contribution in [1.29, 1.82) is 0 Å². The molecule has 3 heteroatoms. The third-order valence-corrected chi connectivity index (χ3v) is 4.59. The van der Waals surface area contributed by atoms with Crippen LogP contribution < -0.4 is 5.73 Å². The Labute approximate surface area is 144 Å². The van der Waals surface area contributed by atoms with E-state index in [4.69, 9.17) is 10.5 Å². The number of hydrogen-bond acceptors (Lipinski definition) is 3. The van der Waals surface area contributed by atoms with Crippen LogP contribution >= 0.6 is 0 Å². The quantitative estimate of drug-likeness (QED) is 0.898. The Morgan fingerprint density at radius 2 is 1.75 bits per heavy atom. The number of ether oxygens (including phenoxy) is 1. The average Bonchev–Trinajstić information content (AvgIpc) is 2.54. The fourth-order valence-electron chi connectivity index (χ4n) is 3.08. The largest absolute Gasteiger partial charge is 0.386 e. The van der Waals surface area contributed by atoms with Crippen LogP contribution in [0.4, 0.5) is 0 Å². The normalized spacial score (nSPS) is 21.4. The zero-order valence-electron chi connectivity index (χ0n) is 15.0. The van der Waals surface area contributed by atoms with Crippen LogP contribution in [0.25, 0.3) is 11.1 Å². The Bertz CT molecular complexity index is 756. The van der Waals surface area contributed by atoms with E-state index in [1.807, 2.05) is 0 Å². The minimum Gasteiger partial charge on any atom is -0.386 e. The van der Waals surface area contributed by atoms with Crippen molar-refractivity contribution < 1.29 is 4.74 Å². The van der Waals surface area contributed by atoms with Gasteiger partial charge in [0.05, 0.1) is 6.61 Å². The summed E-state index contributed by atoms with van der Waals surface area (Å²) in [5.41, 5.74) is 10.5. The summed E-state index contributed by atoms with van der Waals surface area (Å²) in [5, 5.41) is 0. The Balaban J connectivity index is 1.95. The number of nitrogens with two attached hydrogens (primary N) is 1. The number of nitrogens with zero attached hydrogens (tertiary/aromatic N) is 1. The van der Waals surface area contributed by atoms with E-state index in [1.165, 1.54) is 16.7 Å². The van der Waals surface area contributed by atoms with Gasteiger partial charge >= 0.3 is 0 Å². The summed E-state index contributed by atoms with van der Waals surface area (Å²) in [6.07, 6.45) is 0. The van der Waals surface area contributed by atoms with Gasteiger partial charge in [-0.15, -0.1) is 0 Å². The van der Waals surface area contributed by atoms with Crippen molar-refractivity contribution in [2.24, 2.45) is 10.7 Å². The Hall–Kier alpha value is -2.13. The minimum absolute atomic E-state index is 0.166. The molecule has 0 radical (unpaired) electrons. The molecule has 3 rings (SSSR count). The van der Waals surface area contributed by atoms with Crippen molar-refractivity contribution in [2.75, 3.05) is 13.2 Å². The maximum atomic E-state index is 5.88. The second-order valence-corrected chi connectivity index (χ2v) is 7.78. The van der Waals surface area contributed by atoms with Gasteiger partial charge in [0.1, 0.15) is 18.0 Å². The Kier molecular flexibility index (Phi) is 4.22. The van der Waals surface area contributed by atoms with E-state index in [-0.39, 0.29) is 5.41 Å². The molecule has 1 unspecified atom stereocenters. The lowest BCUT2D eigenvalue weighted by molar-refractivity contribution is 0.106. The zero-order chi connectivity index (χ0) is 17.4. The van der Waals surface area contributed by atoms with Crippen molar-refractivity contribution in [3.8, 4) is 11.1 Å². The first-order valence-electron chi connectivity index (χ1n) is 8.41. The van der Waals surface area contributed by atoms with Gasteiger partial charge < -0.3 is 10.5 Å². The number of hydrogen-bond donors (Lipinski definition) is 1. The Morgan fingerprint density at radius 3 is 2.38 bits per heavy atom. The summed E-state index contributed by atoms with van der Waals surface area (Å²) in [7, 11) is 0. The molecule has 0 aliphatic carbocycles. The molecule has 126 valence electrons. The number of benzene rings is 2. The number of amidine groups is 1. The van der Waals surface area contributed by atoms with Crippen molar-refractivity contribution in [3.05, 3.63) is 59.7 Å². The van der Waals surface area contributed by atoms with Gasteiger partial charge in [-0.2, -0.15) is 0 Å². The molecule has 0 amide bonds. The fraction of sp³-hybridized carbons (Fsp3) is 0.381. The molecule has 0 bridgehead atoms. The molecule has 1 aliphatic heterocycles. The van der Waals surface area contributed by atoms with E-state index in [0.29, 0.717) is 19.0 Å². The third kappa shape index (κ3) is 3.36. The first kappa shape index (κ1) is 16.7. The highest BCUT2D eigenvalue weighted by atomic mass is 16.5. The maximum Gasteiger partial charge on any atom is 0.121 e. The van der Waals surface area contributed by atoms with Crippen molar-refractivity contribution >= 4 is 5.84 Å². The first-order valence-corrected chi connectivity index (χ1v) is 8.41. The zero-order valence-corrected chi connectivity index (χ0v) is 15.0. The second kappa shape index (κ2) is 6.06. The molecule has 0 aromatic heterocycles. The van der Waals surface area contributed by atoms with Gasteiger partial charge in [-0.25, -0.2) is 0 Å². The lowest BCUT2D eigenvalue weighted by atomic mass is 9.85. The standard InChI is InChI=1S/C21H26N2O/c1-20(2,3)17-10-8-15(9-11-17)16-6-5-7-18(12-16)21(4)14-24-13-19(22)23-21/h5-12H,13-14H2,1-4H3,(H2,22,23). The van der Waals surface area contributed by atoms with Crippen LogP contribution in [0.1, 0.15) is 38.8 Å². The number of aliphatic imine (C=N–C) groups is 1. The summed E-state index contributed by atoms with van der Waals surface area (Å²) < 4.78 is 5.59. The van der Waals surface area contributed by atoms with Gasteiger partial charge in [-0.05, 0) is 40.7 Å². The lowest BCUT2D eigenvalue weighted by Crippen LogP contribution is -2.37. The van der Waals surface area contributed by atoms with Gasteiger partial charge in [-0.3, -0.25) is 4.99 Å². The van der Waals surface area contributed by atoms with E-state index in [2.05, 4.69) is 81.2 Å². The monoisotopic (exact) mass is 322 g/mol. The van der Waals surface area contributed by atoms with E-state index in [9.17, 15) is 0 Å². The average molecular weight is 322 g/mol. The molecule has 1 aliphatic rings. The van der Waals surface area contributed by atoms with Gasteiger partial charge in [0.2, 0.25) is 0 Å². The van der Waals surface area contributed by atoms with Crippen LogP contribution in [0.5, 0.6) is 0 Å². The second-order valence-electron chi connectivity index (χ2n) is 7.78. The highest BCUT2D eigenvalue weighted by molar-refractivity contribution is 5.82. The van der Waals surface area contributed by atoms with Crippen LogP contribution in [0.2, 0.25) is 0 Å². The van der Waals surface area contributed by atoms with Crippen molar-refractivity contribution in [3.63, 3.8) is 0 Å². The van der Waals surface area contributed by atoms with Gasteiger partial charge in [0.15, 0.2) is 0 Å². The molecule has 2 aromatic rings. The van der Waals surface area contributed by atoms with E-state index >= 15 is 0 Å². The predicted octanol–water partition coefficient (Wildman–Crippen LogP) is 4.25. The molecule has 2 N–H and O–H groups in total. The molecule has 1 heterocycles. The predicted molar refractivity (Wildman–Crippen MR) is 100 cm³/mol. The van der Waals surface area contributed by atoms with Crippen molar-refractivity contribution in [1.82, 2.24) is 0 Å². The van der Waals surface area contributed by atoms with Gasteiger partial charge in [-0.1, -0.05) is 63.2 Å². The van der Waals surface area contributed by atoms with Crippen LogP contribution in [0, 0.1) is 0 Å². The molecular formula is C21H26N2O. The highest BCUT2D eigenvalue weighted by Crippen LogP contribution is 2.32. The molecule has 24 heavy (non-hydrogen) atoms. The third-order valence-electron chi connectivity index (χ3n) is 4.59. The smallest absolute Gasteiger partial charge is 0.121 e. The van der Waals surface area contributed by atoms with E-state index in [1.54, 1.807) is 0 Å². The topological polar surface area (TPSA) is 47.6 Å². The minimum atomic E-state index is -0.413. The first-order chi connectivity index (χ1) is 11.3. The summed E-state index contributed by atoms with van der Waals surface area (Å²) in [6.45, 7) is 9.74. The summed E-state index contributed by atoms with van der Waals surface area (Å²) in [5.74, 6) is 0.559. The summed E-state index contributed by atoms with van der Waals surface area (Å²) in [6, 6.07) is 17.3. The Morgan fingerprint density at radius 1 is 1.04 bits per heavy atom. The number of rotatable bonds is 2. The van der Waals surface area contributed by atoms with Crippen LogP contribution in [-0.2, 0) is 15.7 Å². The highest BCUT2D eigenvalue weighted by Gasteiger charge is 2.30. The van der Waals surface area contributed by atoms with E-state index < -0.39 is 5.54 Å². The molecule has 1 atom stereocenters. The molecule has 3 nitrogen and oxygen atoms in total. The molecule has 2 aromatic carbocycles. The summed E-state index contributed by atoms with van der Waals surface area (Å²) in [4.78, 5) is 4.64.